The SMILES string of the molecule is Cc1cc(C)c(NC2CCc3cc(Br)ccc3C2)c(Br)c1. The Kier molecular flexibility index (Phi) is 4.41. The summed E-state index contributed by atoms with van der Waals surface area (Å²) < 4.78 is 2.35. The van der Waals surface area contributed by atoms with E-state index in [0.717, 1.165) is 12.8 Å². The summed E-state index contributed by atoms with van der Waals surface area (Å²) in [7, 11) is 0. The molecule has 0 radical (unpaired) electrons. The highest BCUT2D eigenvalue weighted by atomic mass is 79.9. The van der Waals surface area contributed by atoms with Gasteiger partial charge in [0, 0.05) is 15.0 Å². The van der Waals surface area contributed by atoms with Crippen LogP contribution in [0.4, 0.5) is 5.69 Å². The molecule has 0 aromatic heterocycles. The zero-order chi connectivity index (χ0) is 15.0. The summed E-state index contributed by atoms with van der Waals surface area (Å²) in [6.45, 7) is 4.31. The molecular formula is C18H19Br2N. The van der Waals surface area contributed by atoms with Crippen molar-refractivity contribution in [3.05, 3.63) is 61.5 Å². The van der Waals surface area contributed by atoms with E-state index in [1.165, 1.54) is 43.3 Å². The lowest BCUT2D eigenvalue weighted by molar-refractivity contribution is 0.610. The van der Waals surface area contributed by atoms with E-state index in [4.69, 9.17) is 0 Å². The van der Waals surface area contributed by atoms with Crippen molar-refractivity contribution in [2.75, 3.05) is 5.32 Å². The first-order chi connectivity index (χ1) is 10.0. The smallest absolute Gasteiger partial charge is 0.0516 e. The largest absolute Gasteiger partial charge is 0.381 e. The highest BCUT2D eigenvalue weighted by Crippen LogP contribution is 2.31. The fourth-order valence-corrected chi connectivity index (χ4v) is 4.35. The molecule has 0 fully saturated rings. The van der Waals surface area contributed by atoms with Gasteiger partial charge in [0.25, 0.3) is 0 Å². The molecule has 110 valence electrons. The monoisotopic (exact) mass is 407 g/mol. The van der Waals surface area contributed by atoms with Gasteiger partial charge in [-0.2, -0.15) is 0 Å². The van der Waals surface area contributed by atoms with E-state index < -0.39 is 0 Å². The highest BCUT2D eigenvalue weighted by molar-refractivity contribution is 9.10. The second-order valence-corrected chi connectivity index (χ2v) is 7.71. The quantitative estimate of drug-likeness (QED) is 0.662. The average molecular weight is 409 g/mol. The topological polar surface area (TPSA) is 12.0 Å². The third-order valence-electron chi connectivity index (χ3n) is 4.18. The number of rotatable bonds is 2. The number of fused-ring (bicyclic) bond motifs is 1. The van der Waals surface area contributed by atoms with Crippen molar-refractivity contribution in [3.8, 4) is 0 Å². The number of halogens is 2. The molecular weight excluding hydrogens is 390 g/mol. The fourth-order valence-electron chi connectivity index (χ4n) is 3.15. The van der Waals surface area contributed by atoms with E-state index in [1.807, 2.05) is 0 Å². The van der Waals surface area contributed by atoms with Gasteiger partial charge in [-0.15, -0.1) is 0 Å². The Morgan fingerprint density at radius 1 is 1.05 bits per heavy atom. The van der Waals surface area contributed by atoms with Crippen molar-refractivity contribution in [2.24, 2.45) is 0 Å². The van der Waals surface area contributed by atoms with Gasteiger partial charge in [0.05, 0.1) is 5.69 Å². The minimum Gasteiger partial charge on any atom is -0.381 e. The summed E-state index contributed by atoms with van der Waals surface area (Å²) in [5.41, 5.74) is 6.81. The predicted octanol–water partition coefficient (Wildman–Crippen LogP) is 5.80. The van der Waals surface area contributed by atoms with Crippen molar-refractivity contribution in [2.45, 2.75) is 39.2 Å². The summed E-state index contributed by atoms with van der Waals surface area (Å²) in [4.78, 5) is 0. The van der Waals surface area contributed by atoms with E-state index in [2.05, 4.69) is 81.4 Å². The molecule has 1 unspecified atom stereocenters. The molecule has 3 rings (SSSR count). The molecule has 0 aliphatic heterocycles. The molecule has 21 heavy (non-hydrogen) atoms. The summed E-state index contributed by atoms with van der Waals surface area (Å²) >= 11 is 7.26. The zero-order valence-corrected chi connectivity index (χ0v) is 15.5. The second kappa shape index (κ2) is 6.13. The van der Waals surface area contributed by atoms with E-state index in [9.17, 15) is 0 Å². The van der Waals surface area contributed by atoms with Gasteiger partial charge in [0.1, 0.15) is 0 Å². The van der Waals surface area contributed by atoms with Crippen LogP contribution >= 0.6 is 31.9 Å². The Morgan fingerprint density at radius 2 is 1.86 bits per heavy atom. The van der Waals surface area contributed by atoms with Crippen LogP contribution in [0, 0.1) is 13.8 Å². The van der Waals surface area contributed by atoms with Crippen LogP contribution in [0.2, 0.25) is 0 Å². The lowest BCUT2D eigenvalue weighted by atomic mass is 9.88. The van der Waals surface area contributed by atoms with Gasteiger partial charge >= 0.3 is 0 Å². The molecule has 3 heteroatoms. The van der Waals surface area contributed by atoms with Gasteiger partial charge < -0.3 is 5.32 Å². The number of aryl methyl sites for hydroxylation is 3. The van der Waals surface area contributed by atoms with Crippen LogP contribution in [-0.2, 0) is 12.8 Å². The first kappa shape index (κ1) is 15.1. The average Bonchev–Trinajstić information content (AvgIpc) is 2.43. The van der Waals surface area contributed by atoms with E-state index >= 15 is 0 Å². The summed E-state index contributed by atoms with van der Waals surface area (Å²) in [5, 5.41) is 3.74. The molecule has 2 aromatic carbocycles. The van der Waals surface area contributed by atoms with Crippen LogP contribution in [-0.4, -0.2) is 6.04 Å². The van der Waals surface area contributed by atoms with Crippen molar-refractivity contribution >= 4 is 37.5 Å². The Bertz CT molecular complexity index is 656. The first-order valence-electron chi connectivity index (χ1n) is 7.33. The third kappa shape index (κ3) is 3.35. The molecule has 1 aliphatic carbocycles. The molecule has 0 heterocycles. The maximum atomic E-state index is 3.74. The molecule has 2 aromatic rings. The highest BCUT2D eigenvalue weighted by Gasteiger charge is 2.20. The molecule has 1 N–H and O–H groups in total. The third-order valence-corrected chi connectivity index (χ3v) is 5.30. The summed E-state index contributed by atoms with van der Waals surface area (Å²) in [6.07, 6.45) is 3.43. The molecule has 0 saturated heterocycles. The number of hydrogen-bond acceptors (Lipinski definition) is 1. The van der Waals surface area contributed by atoms with Gasteiger partial charge in [-0.3, -0.25) is 0 Å². The molecule has 1 nitrogen and oxygen atoms in total. The number of anilines is 1. The number of hydrogen-bond donors (Lipinski definition) is 1. The van der Waals surface area contributed by atoms with Crippen LogP contribution in [0.25, 0.3) is 0 Å². The lowest BCUT2D eigenvalue weighted by Crippen LogP contribution is -2.27. The molecule has 0 spiro atoms. The molecule has 1 atom stereocenters. The molecule has 0 amide bonds. The van der Waals surface area contributed by atoms with Crippen molar-refractivity contribution in [3.63, 3.8) is 0 Å². The molecule has 1 aliphatic rings. The van der Waals surface area contributed by atoms with E-state index in [-0.39, 0.29) is 0 Å². The minimum atomic E-state index is 0.511. The zero-order valence-electron chi connectivity index (χ0n) is 12.3. The van der Waals surface area contributed by atoms with Crippen molar-refractivity contribution in [1.29, 1.82) is 0 Å². The van der Waals surface area contributed by atoms with Gasteiger partial charge in [0.15, 0.2) is 0 Å². The lowest BCUT2D eigenvalue weighted by Gasteiger charge is -2.28. The van der Waals surface area contributed by atoms with Gasteiger partial charge in [-0.25, -0.2) is 0 Å². The maximum absolute atomic E-state index is 3.74. The fraction of sp³-hybridized carbons (Fsp3) is 0.333. The van der Waals surface area contributed by atoms with Gasteiger partial charge in [-0.05, 0) is 89.5 Å². The minimum absolute atomic E-state index is 0.511. The van der Waals surface area contributed by atoms with Gasteiger partial charge in [-0.1, -0.05) is 28.1 Å². The number of benzene rings is 2. The van der Waals surface area contributed by atoms with Crippen LogP contribution in [0.5, 0.6) is 0 Å². The summed E-state index contributed by atoms with van der Waals surface area (Å²) in [5.74, 6) is 0. The summed E-state index contributed by atoms with van der Waals surface area (Å²) in [6, 6.07) is 11.6. The van der Waals surface area contributed by atoms with Crippen LogP contribution in [0.3, 0.4) is 0 Å². The normalized spacial score (nSPS) is 17.4. The van der Waals surface area contributed by atoms with E-state index in [0.29, 0.717) is 6.04 Å². The van der Waals surface area contributed by atoms with Crippen molar-refractivity contribution < 1.29 is 0 Å². The van der Waals surface area contributed by atoms with E-state index in [1.54, 1.807) is 0 Å². The Morgan fingerprint density at radius 3 is 2.62 bits per heavy atom. The van der Waals surface area contributed by atoms with Crippen LogP contribution in [0.1, 0.15) is 28.7 Å². The standard InChI is InChI=1S/C18H19Br2N/c1-11-7-12(2)18(17(20)8-11)21-16-6-4-13-9-15(19)5-3-14(13)10-16/h3,5,7-9,16,21H,4,6,10H2,1-2H3. The first-order valence-corrected chi connectivity index (χ1v) is 8.92. The molecule has 0 bridgehead atoms. The maximum Gasteiger partial charge on any atom is 0.0516 e. The van der Waals surface area contributed by atoms with Crippen molar-refractivity contribution in [1.82, 2.24) is 0 Å². The Balaban J connectivity index is 1.80. The Hall–Kier alpha value is -0.800. The molecule has 0 saturated carbocycles. The Labute approximate surface area is 143 Å². The second-order valence-electron chi connectivity index (χ2n) is 5.94. The van der Waals surface area contributed by atoms with Gasteiger partial charge in [0.2, 0.25) is 0 Å². The predicted molar refractivity (Wildman–Crippen MR) is 97.2 cm³/mol. The van der Waals surface area contributed by atoms with Crippen LogP contribution < -0.4 is 5.32 Å². The van der Waals surface area contributed by atoms with Crippen LogP contribution in [0.15, 0.2) is 39.3 Å². The number of nitrogens with one attached hydrogen (secondary N) is 1.